The monoisotopic (exact) mass is 480 g/mol. The quantitative estimate of drug-likeness (QED) is 0.598. The van der Waals surface area contributed by atoms with Crippen LogP contribution in [0.5, 0.6) is 5.75 Å². The van der Waals surface area contributed by atoms with Gasteiger partial charge in [0.05, 0.1) is 7.11 Å². The maximum atomic E-state index is 12.6. The highest BCUT2D eigenvalue weighted by atomic mass is 16.5. The summed E-state index contributed by atoms with van der Waals surface area (Å²) in [4.78, 5) is 43.0. The predicted octanol–water partition coefficient (Wildman–Crippen LogP) is 3.16. The Labute approximate surface area is 207 Å². The predicted molar refractivity (Wildman–Crippen MR) is 135 cm³/mol. The molecule has 3 rings (SSSR count). The molecule has 8 heteroatoms. The number of ether oxygens (including phenoxy) is 1. The molecule has 1 N–H and O–H groups in total. The van der Waals surface area contributed by atoms with Gasteiger partial charge in [-0.05, 0) is 55.7 Å². The molecule has 0 bridgehead atoms. The first-order valence-electron chi connectivity index (χ1n) is 12.3. The normalized spacial score (nSPS) is 13.3. The standard InChI is InChI=1S/C27H36N4O4/c1-4-29(5-2)26(33)23-11-6-22(7-12-23)20-28-27(34)31-18-16-30(17-19-31)25(32)15-10-21-8-13-24(35-3)14-9-21/h6-9,11-14H,4-5,10,15-20H2,1-3H3,(H,28,34). The van der Waals surface area contributed by atoms with Crippen molar-refractivity contribution in [1.29, 1.82) is 0 Å². The van der Waals surface area contributed by atoms with Crippen LogP contribution in [-0.4, -0.2) is 78.9 Å². The average molecular weight is 481 g/mol. The molecule has 8 nitrogen and oxygen atoms in total. The summed E-state index contributed by atoms with van der Waals surface area (Å²) in [6.45, 7) is 7.76. The lowest BCUT2D eigenvalue weighted by Gasteiger charge is -2.34. The lowest BCUT2D eigenvalue weighted by atomic mass is 10.1. The first-order chi connectivity index (χ1) is 16.9. The Balaban J connectivity index is 1.39. The lowest BCUT2D eigenvalue weighted by Crippen LogP contribution is -2.53. The number of carbonyl (C=O) groups is 3. The molecular weight excluding hydrogens is 444 g/mol. The van der Waals surface area contributed by atoms with Crippen LogP contribution in [0.1, 0.15) is 41.8 Å². The van der Waals surface area contributed by atoms with Crippen LogP contribution in [0.15, 0.2) is 48.5 Å². The summed E-state index contributed by atoms with van der Waals surface area (Å²) in [6.07, 6.45) is 1.13. The summed E-state index contributed by atoms with van der Waals surface area (Å²) in [7, 11) is 1.63. The summed E-state index contributed by atoms with van der Waals surface area (Å²) in [5.41, 5.74) is 2.68. The van der Waals surface area contributed by atoms with Crippen LogP contribution in [0.3, 0.4) is 0 Å². The van der Waals surface area contributed by atoms with E-state index in [9.17, 15) is 14.4 Å². The number of urea groups is 1. The van der Waals surface area contributed by atoms with Gasteiger partial charge in [-0.2, -0.15) is 0 Å². The van der Waals surface area contributed by atoms with Crippen molar-refractivity contribution in [3.05, 3.63) is 65.2 Å². The maximum absolute atomic E-state index is 12.6. The third-order valence-electron chi connectivity index (χ3n) is 6.40. The molecule has 0 saturated carbocycles. The number of nitrogens with zero attached hydrogens (tertiary/aromatic N) is 3. The van der Waals surface area contributed by atoms with E-state index in [-0.39, 0.29) is 17.8 Å². The summed E-state index contributed by atoms with van der Waals surface area (Å²) in [5, 5.41) is 2.94. The topological polar surface area (TPSA) is 82.2 Å². The van der Waals surface area contributed by atoms with Gasteiger partial charge in [-0.15, -0.1) is 0 Å². The molecule has 35 heavy (non-hydrogen) atoms. The Hall–Kier alpha value is -3.55. The van der Waals surface area contributed by atoms with Crippen molar-refractivity contribution in [2.24, 2.45) is 0 Å². The fourth-order valence-electron chi connectivity index (χ4n) is 4.11. The van der Waals surface area contributed by atoms with Crippen molar-refractivity contribution in [2.45, 2.75) is 33.2 Å². The van der Waals surface area contributed by atoms with Gasteiger partial charge in [0.2, 0.25) is 5.91 Å². The average Bonchev–Trinajstić information content (AvgIpc) is 2.91. The Kier molecular flexibility index (Phi) is 9.52. The Morgan fingerprint density at radius 2 is 1.43 bits per heavy atom. The van der Waals surface area contributed by atoms with Gasteiger partial charge in [-0.3, -0.25) is 9.59 Å². The van der Waals surface area contributed by atoms with Gasteiger partial charge in [0.25, 0.3) is 5.91 Å². The second-order valence-corrected chi connectivity index (χ2v) is 8.55. The minimum atomic E-state index is -0.140. The number of nitrogens with one attached hydrogen (secondary N) is 1. The summed E-state index contributed by atoms with van der Waals surface area (Å²) >= 11 is 0. The van der Waals surface area contributed by atoms with E-state index < -0.39 is 0 Å². The fraction of sp³-hybridized carbons (Fsp3) is 0.444. The molecule has 1 heterocycles. The minimum absolute atomic E-state index is 0.0157. The van der Waals surface area contributed by atoms with Gasteiger partial charge in [0.1, 0.15) is 5.75 Å². The van der Waals surface area contributed by atoms with Crippen molar-refractivity contribution < 1.29 is 19.1 Å². The SMILES string of the molecule is CCN(CC)C(=O)c1ccc(CNC(=O)N2CCN(C(=O)CCc3ccc(OC)cc3)CC2)cc1. The van der Waals surface area contributed by atoms with Crippen LogP contribution in [0.4, 0.5) is 4.79 Å². The van der Waals surface area contributed by atoms with Gasteiger partial charge in [0.15, 0.2) is 0 Å². The van der Waals surface area contributed by atoms with E-state index in [2.05, 4.69) is 5.32 Å². The van der Waals surface area contributed by atoms with E-state index in [0.717, 1.165) is 16.9 Å². The van der Waals surface area contributed by atoms with E-state index in [1.54, 1.807) is 29.0 Å². The highest BCUT2D eigenvalue weighted by Crippen LogP contribution is 2.14. The summed E-state index contributed by atoms with van der Waals surface area (Å²) in [6, 6.07) is 15.0. The molecule has 0 spiro atoms. The second kappa shape index (κ2) is 12.8. The van der Waals surface area contributed by atoms with E-state index in [1.165, 1.54) is 0 Å². The molecule has 188 valence electrons. The highest BCUT2D eigenvalue weighted by molar-refractivity contribution is 5.94. The molecule has 1 fully saturated rings. The Morgan fingerprint density at radius 3 is 2.00 bits per heavy atom. The number of amides is 4. The van der Waals surface area contributed by atoms with E-state index in [4.69, 9.17) is 4.74 Å². The molecule has 0 radical (unpaired) electrons. The van der Waals surface area contributed by atoms with Crippen molar-refractivity contribution in [3.8, 4) is 5.75 Å². The van der Waals surface area contributed by atoms with Crippen LogP contribution in [0.25, 0.3) is 0 Å². The van der Waals surface area contributed by atoms with Gasteiger partial charge < -0.3 is 24.8 Å². The molecule has 1 aliphatic rings. The zero-order valence-electron chi connectivity index (χ0n) is 21.0. The van der Waals surface area contributed by atoms with Crippen molar-refractivity contribution in [3.63, 3.8) is 0 Å². The van der Waals surface area contributed by atoms with Crippen LogP contribution in [-0.2, 0) is 17.8 Å². The Bertz CT molecular complexity index is 979. The molecule has 0 unspecified atom stereocenters. The van der Waals surface area contributed by atoms with Crippen LogP contribution >= 0.6 is 0 Å². The summed E-state index contributed by atoms with van der Waals surface area (Å²) < 4.78 is 5.16. The minimum Gasteiger partial charge on any atom is -0.497 e. The molecule has 0 atom stereocenters. The number of benzene rings is 2. The smallest absolute Gasteiger partial charge is 0.317 e. The van der Waals surface area contributed by atoms with Gasteiger partial charge >= 0.3 is 6.03 Å². The van der Waals surface area contributed by atoms with Gasteiger partial charge in [-0.25, -0.2) is 4.79 Å². The molecule has 1 aliphatic heterocycles. The van der Waals surface area contributed by atoms with E-state index in [1.807, 2.05) is 55.1 Å². The number of hydrogen-bond acceptors (Lipinski definition) is 4. The van der Waals surface area contributed by atoms with Crippen molar-refractivity contribution >= 4 is 17.8 Å². The first kappa shape index (κ1) is 26.1. The van der Waals surface area contributed by atoms with Crippen LogP contribution in [0, 0.1) is 0 Å². The molecule has 2 aromatic carbocycles. The van der Waals surface area contributed by atoms with E-state index >= 15 is 0 Å². The molecule has 1 saturated heterocycles. The zero-order valence-corrected chi connectivity index (χ0v) is 21.0. The molecule has 4 amide bonds. The third kappa shape index (κ3) is 7.21. The molecule has 2 aromatic rings. The van der Waals surface area contributed by atoms with Crippen molar-refractivity contribution in [1.82, 2.24) is 20.0 Å². The zero-order chi connectivity index (χ0) is 25.2. The number of piperazine rings is 1. The molecule has 0 aromatic heterocycles. The third-order valence-corrected chi connectivity index (χ3v) is 6.40. The molecular formula is C27H36N4O4. The number of hydrogen-bond donors (Lipinski definition) is 1. The van der Waals surface area contributed by atoms with Crippen molar-refractivity contribution in [2.75, 3.05) is 46.4 Å². The number of methoxy groups -OCH3 is 1. The number of carbonyl (C=O) groups excluding carboxylic acids is 3. The number of aryl methyl sites for hydroxylation is 1. The van der Waals surface area contributed by atoms with Crippen LogP contribution in [0.2, 0.25) is 0 Å². The second-order valence-electron chi connectivity index (χ2n) is 8.55. The van der Waals surface area contributed by atoms with Gasteiger partial charge in [0, 0.05) is 57.8 Å². The number of rotatable bonds is 9. The highest BCUT2D eigenvalue weighted by Gasteiger charge is 2.23. The van der Waals surface area contributed by atoms with E-state index in [0.29, 0.717) is 64.2 Å². The van der Waals surface area contributed by atoms with Crippen LogP contribution < -0.4 is 10.1 Å². The first-order valence-corrected chi connectivity index (χ1v) is 12.3. The lowest BCUT2D eigenvalue weighted by molar-refractivity contribution is -0.132. The fourth-order valence-corrected chi connectivity index (χ4v) is 4.11. The Morgan fingerprint density at radius 1 is 0.857 bits per heavy atom. The largest absolute Gasteiger partial charge is 0.497 e. The summed E-state index contributed by atoms with van der Waals surface area (Å²) in [5.74, 6) is 0.930. The maximum Gasteiger partial charge on any atom is 0.317 e. The van der Waals surface area contributed by atoms with Gasteiger partial charge in [-0.1, -0.05) is 24.3 Å². The molecule has 0 aliphatic carbocycles.